The van der Waals surface area contributed by atoms with Crippen LogP contribution in [0.1, 0.15) is 276 Å². The van der Waals surface area contributed by atoms with Crippen LogP contribution in [0.25, 0.3) is 0 Å². The van der Waals surface area contributed by atoms with Gasteiger partial charge < -0.3 is 40.4 Å². The van der Waals surface area contributed by atoms with Gasteiger partial charge in [-0.2, -0.15) is 13.2 Å². The first-order valence-corrected chi connectivity index (χ1v) is 40.0. The third-order valence-electron chi connectivity index (χ3n) is 25.8. The highest BCUT2D eigenvalue weighted by Gasteiger charge is 2.49. The molecule has 0 bridgehead atoms. The van der Waals surface area contributed by atoms with Crippen LogP contribution in [0, 0.1) is 11.3 Å². The molecule has 570 valence electrons. The van der Waals surface area contributed by atoms with Crippen molar-refractivity contribution in [2.45, 2.75) is 255 Å². The number of fused-ring (bicyclic) bond motifs is 8. The SMILES string of the molecule is CC(=O)N[C@H]1CCC2(CCN(CCCC(F)(F)F)CC2)c2ccccc21.CC(C)(C)CCN1CCC2(CC[C@H](N3CCCC3=O)c3ccccc32)CC1.CC(C)CCN1CCC2(CC[C@H](N3CCCC3=O)c3ccccc32)CC1.CCNC(=O)CN1CCC2(CC1)C[C@H](NC(C)=O)c1ccccc12.[HH].[HH].[HH]. The predicted octanol–water partition coefficient (Wildman–Crippen LogP) is 16.2. The number of carbonyl (C=O) groups is 5. The minimum Gasteiger partial charge on any atom is -0.355 e. The van der Waals surface area contributed by atoms with Gasteiger partial charge in [0.25, 0.3) is 0 Å². The summed E-state index contributed by atoms with van der Waals surface area (Å²) in [5.41, 5.74) is 12.5. The van der Waals surface area contributed by atoms with E-state index >= 15 is 0 Å². The van der Waals surface area contributed by atoms with Gasteiger partial charge >= 0.3 is 6.18 Å². The second-order valence-electron chi connectivity index (χ2n) is 34.2. The zero-order chi connectivity index (χ0) is 73.2. The highest BCUT2D eigenvalue weighted by Crippen LogP contribution is 2.54. The minimum atomic E-state index is -4.06. The molecule has 0 saturated carbocycles. The number of piperidine rings is 4. The van der Waals surface area contributed by atoms with Crippen LogP contribution < -0.4 is 16.0 Å². The topological polar surface area (TPSA) is 141 Å². The van der Waals surface area contributed by atoms with Crippen LogP contribution >= 0.6 is 0 Å². The van der Waals surface area contributed by atoms with Gasteiger partial charge in [0.05, 0.1) is 30.7 Å². The molecule has 0 unspecified atom stereocenters. The Morgan fingerprint density at radius 1 is 0.495 bits per heavy atom. The molecular formula is C86H130F3N9O5. The van der Waals surface area contributed by atoms with E-state index in [1.807, 2.05) is 19.1 Å². The zero-order valence-corrected chi connectivity index (χ0v) is 63.9. The van der Waals surface area contributed by atoms with Crippen LogP contribution in [0.5, 0.6) is 0 Å². The first-order chi connectivity index (χ1) is 49.3. The number of likely N-dealkylation sites (N-methyl/N-ethyl adjacent to an activating group) is 1. The Kier molecular flexibility index (Phi) is 25.9. The van der Waals surface area contributed by atoms with Crippen LogP contribution in [0.2, 0.25) is 0 Å². The third kappa shape index (κ3) is 19.2. The quantitative estimate of drug-likeness (QED) is 0.106. The third-order valence-corrected chi connectivity index (χ3v) is 25.8. The van der Waals surface area contributed by atoms with Gasteiger partial charge in [-0.3, -0.25) is 28.9 Å². The Morgan fingerprint density at radius 2 is 0.883 bits per heavy atom. The predicted molar refractivity (Wildman–Crippen MR) is 412 cm³/mol. The van der Waals surface area contributed by atoms with Gasteiger partial charge in [0.2, 0.25) is 29.5 Å². The summed E-state index contributed by atoms with van der Waals surface area (Å²) in [6, 6.07) is 35.8. The van der Waals surface area contributed by atoms with Crippen molar-refractivity contribution in [3.05, 3.63) is 142 Å². The summed E-state index contributed by atoms with van der Waals surface area (Å²) in [5, 5.41) is 9.04. The fourth-order valence-electron chi connectivity index (χ4n) is 19.9. The van der Waals surface area contributed by atoms with E-state index in [1.54, 1.807) is 25.0 Å². The summed E-state index contributed by atoms with van der Waals surface area (Å²) >= 11 is 0. The van der Waals surface area contributed by atoms with Crippen molar-refractivity contribution in [3.63, 3.8) is 0 Å². The summed E-state index contributed by atoms with van der Waals surface area (Å²) in [4.78, 5) is 73.7. The fraction of sp³-hybridized carbons (Fsp3) is 0.663. The Labute approximate surface area is 619 Å². The van der Waals surface area contributed by atoms with Crippen molar-refractivity contribution in [2.24, 2.45) is 11.3 Å². The molecule has 0 radical (unpaired) electrons. The monoisotopic (exact) mass is 1430 g/mol. The van der Waals surface area contributed by atoms with E-state index in [0.29, 0.717) is 59.8 Å². The molecule has 3 N–H and O–H groups in total. The average molecular weight is 1430 g/mol. The molecule has 6 heterocycles. The molecule has 4 atom stereocenters. The lowest BCUT2D eigenvalue weighted by molar-refractivity contribution is -0.136. The summed E-state index contributed by atoms with van der Waals surface area (Å²) in [5.74, 6) is 1.64. The smallest absolute Gasteiger partial charge is 0.355 e. The lowest BCUT2D eigenvalue weighted by atomic mass is 9.63. The van der Waals surface area contributed by atoms with Crippen LogP contribution in [-0.4, -0.2) is 163 Å². The van der Waals surface area contributed by atoms with Crippen molar-refractivity contribution in [1.82, 2.24) is 45.3 Å². The molecule has 6 saturated heterocycles. The van der Waals surface area contributed by atoms with Crippen molar-refractivity contribution in [3.8, 4) is 0 Å². The molecule has 6 aliphatic heterocycles. The molecule has 4 aromatic rings. The number of nitrogens with zero attached hydrogens (tertiary/aromatic N) is 6. The number of carbonyl (C=O) groups excluding carboxylic acids is 5. The minimum absolute atomic E-state index is 0. The molecule has 103 heavy (non-hydrogen) atoms. The first-order valence-electron chi connectivity index (χ1n) is 40.0. The summed E-state index contributed by atoms with van der Waals surface area (Å²) < 4.78 is 37.0. The van der Waals surface area contributed by atoms with E-state index in [0.717, 1.165) is 129 Å². The van der Waals surface area contributed by atoms with E-state index in [2.05, 4.69) is 165 Å². The van der Waals surface area contributed by atoms with Crippen molar-refractivity contribution >= 4 is 29.5 Å². The van der Waals surface area contributed by atoms with Crippen molar-refractivity contribution in [2.75, 3.05) is 98.2 Å². The second kappa shape index (κ2) is 34.2. The standard InChI is InChI=1S/C24H36N2O.C23H34N2O.C20H27F3N2O.C19H27N3O2.3H2/c1-23(2,3)12-16-25-17-13-24(14-18-25)11-10-21(26-15-6-9-22(26)27)19-7-4-5-8-20(19)24;1-18(2)10-15-24-16-12-23(13-17-24)11-9-21(25-14-5-8-22(25)26)19-6-3-4-7-20(19)23;1-15(26)24-18-7-9-19(17-6-3-2-5-16(17)18)10-13-25(14-11-19)12-4-8-20(21,22)23;1-3-20-18(24)13-22-10-8-19(9-11-22)12-17(21-14(2)23)15-6-4-5-7-16(15)19;;;/h4-5,7-8,21H,6,9-18H2,1-3H3;3-4,6-7,18,21H,5,8-17H2,1-2H3;2-3,5-6,18H,4,7-14H2,1H3,(H,24,26);4-7,17H,3,8-13H2,1-2H3,(H,20,24)(H,21,23);3*1H/t2*21-;18-;17-;;;/m0000.../s1. The number of halogens is 3. The number of likely N-dealkylation sites (tertiary alicyclic amines) is 6. The molecule has 6 fully saturated rings. The van der Waals surface area contributed by atoms with Crippen molar-refractivity contribution < 1.29 is 41.4 Å². The summed E-state index contributed by atoms with van der Waals surface area (Å²) in [6.07, 6.45) is 18.4. The van der Waals surface area contributed by atoms with Crippen LogP contribution in [0.4, 0.5) is 13.2 Å². The van der Waals surface area contributed by atoms with E-state index in [1.165, 1.54) is 124 Å². The molecule has 4 aromatic carbocycles. The summed E-state index contributed by atoms with van der Waals surface area (Å²) in [6.45, 7) is 31.3. The molecule has 10 aliphatic rings. The molecule has 5 amide bonds. The Balaban J connectivity index is 0.000000177. The molecule has 0 aromatic heterocycles. The maximum atomic E-state index is 12.4. The second-order valence-corrected chi connectivity index (χ2v) is 34.2. The van der Waals surface area contributed by atoms with Crippen LogP contribution in [0.15, 0.2) is 97.1 Å². The van der Waals surface area contributed by atoms with Gasteiger partial charge in [0.1, 0.15) is 0 Å². The largest absolute Gasteiger partial charge is 0.389 e. The van der Waals surface area contributed by atoms with Crippen LogP contribution in [0.3, 0.4) is 0 Å². The Morgan fingerprint density at radius 3 is 1.31 bits per heavy atom. The maximum absolute atomic E-state index is 12.4. The highest BCUT2D eigenvalue weighted by atomic mass is 19.4. The molecule has 17 heteroatoms. The molecule has 4 spiro atoms. The van der Waals surface area contributed by atoms with Gasteiger partial charge in [-0.15, -0.1) is 0 Å². The average Bonchev–Trinajstić information content (AvgIpc) is 1.16. The summed E-state index contributed by atoms with van der Waals surface area (Å²) in [7, 11) is 0. The normalized spacial score (nSPS) is 24.2. The molecule has 14 nitrogen and oxygen atoms in total. The Hall–Kier alpha value is -6.14. The van der Waals surface area contributed by atoms with Gasteiger partial charge in [0, 0.05) is 62.4 Å². The number of alkyl halides is 3. The maximum Gasteiger partial charge on any atom is 0.389 e. The van der Waals surface area contributed by atoms with Gasteiger partial charge in [-0.25, -0.2) is 0 Å². The molecule has 4 aliphatic carbocycles. The van der Waals surface area contributed by atoms with E-state index in [9.17, 15) is 37.1 Å². The molecular weight excluding hydrogens is 1300 g/mol. The van der Waals surface area contributed by atoms with Gasteiger partial charge in [-0.05, 0) is 279 Å². The first kappa shape index (κ1) is 77.9. The number of hydrogen-bond acceptors (Lipinski definition) is 9. The van der Waals surface area contributed by atoms with Crippen molar-refractivity contribution in [1.29, 1.82) is 0 Å². The lowest BCUT2D eigenvalue weighted by Crippen LogP contribution is -2.47. The zero-order valence-electron chi connectivity index (χ0n) is 63.9. The van der Waals surface area contributed by atoms with Gasteiger partial charge in [-0.1, -0.05) is 132 Å². The van der Waals surface area contributed by atoms with Gasteiger partial charge in [0.15, 0.2) is 0 Å². The number of benzene rings is 4. The van der Waals surface area contributed by atoms with Crippen LogP contribution in [-0.2, 0) is 45.6 Å². The van der Waals surface area contributed by atoms with E-state index in [-0.39, 0.29) is 51.3 Å². The number of nitrogens with one attached hydrogen (secondary N) is 3. The lowest BCUT2D eigenvalue weighted by Gasteiger charge is -2.48. The Bertz CT molecular complexity index is 3520. The fourth-order valence-corrected chi connectivity index (χ4v) is 19.9. The van der Waals surface area contributed by atoms with E-state index < -0.39 is 12.6 Å². The number of amides is 5. The van der Waals surface area contributed by atoms with E-state index in [4.69, 9.17) is 0 Å². The number of hydrogen-bond donors (Lipinski definition) is 3. The number of rotatable bonds is 15. The molecule has 14 rings (SSSR count). The highest BCUT2D eigenvalue weighted by molar-refractivity contribution is 5.80.